The van der Waals surface area contributed by atoms with Crippen LogP contribution in [0.15, 0.2) is 48.5 Å². The molecule has 1 N–H and O–H groups in total. The summed E-state index contributed by atoms with van der Waals surface area (Å²) >= 11 is 0. The van der Waals surface area contributed by atoms with Crippen LogP contribution in [0.3, 0.4) is 0 Å². The van der Waals surface area contributed by atoms with Crippen LogP contribution in [-0.4, -0.2) is 50.3 Å². The van der Waals surface area contributed by atoms with Crippen LogP contribution < -0.4 is 10.1 Å². The fraction of sp³-hybridized carbons (Fsp3) is 0.458. The molecule has 0 bridgehead atoms. The van der Waals surface area contributed by atoms with Gasteiger partial charge in [0.1, 0.15) is 18.2 Å². The van der Waals surface area contributed by atoms with Gasteiger partial charge in [-0.1, -0.05) is 31.0 Å². The van der Waals surface area contributed by atoms with Crippen LogP contribution in [0.4, 0.5) is 10.1 Å². The molecule has 30 heavy (non-hydrogen) atoms. The summed E-state index contributed by atoms with van der Waals surface area (Å²) in [7, 11) is 0. The minimum Gasteiger partial charge on any atom is -0.492 e. The summed E-state index contributed by atoms with van der Waals surface area (Å²) in [4.78, 5) is 15.5. The Morgan fingerprint density at radius 1 is 1.07 bits per heavy atom. The predicted molar refractivity (Wildman–Crippen MR) is 114 cm³/mol. The number of halogens is 1. The van der Waals surface area contributed by atoms with Gasteiger partial charge in [0.15, 0.2) is 0 Å². The number of carbonyl (C=O) groups is 1. The Labute approximate surface area is 177 Å². The molecule has 1 heterocycles. The molecule has 5 nitrogen and oxygen atoms in total. The van der Waals surface area contributed by atoms with Crippen molar-refractivity contribution in [3.8, 4) is 5.75 Å². The highest BCUT2D eigenvalue weighted by molar-refractivity contribution is 5.99. The molecule has 0 spiro atoms. The number of ether oxygens (including phenoxy) is 2. The van der Waals surface area contributed by atoms with E-state index >= 15 is 0 Å². The molecule has 1 saturated heterocycles. The van der Waals surface area contributed by atoms with Gasteiger partial charge < -0.3 is 14.8 Å². The lowest BCUT2D eigenvalue weighted by Crippen LogP contribution is -2.38. The summed E-state index contributed by atoms with van der Waals surface area (Å²) in [5.74, 6) is 0.329. The lowest BCUT2D eigenvalue weighted by atomic mass is 9.77. The first-order valence-corrected chi connectivity index (χ1v) is 10.8. The van der Waals surface area contributed by atoms with Crippen molar-refractivity contribution < 1.29 is 18.7 Å². The summed E-state index contributed by atoms with van der Waals surface area (Å²) in [5, 5.41) is 3.00. The van der Waals surface area contributed by atoms with E-state index in [0.29, 0.717) is 30.7 Å². The molecule has 160 valence electrons. The summed E-state index contributed by atoms with van der Waals surface area (Å²) in [6.07, 6.45) is 3.19. The van der Waals surface area contributed by atoms with E-state index in [1.807, 2.05) is 24.3 Å². The first-order chi connectivity index (χ1) is 14.7. The van der Waals surface area contributed by atoms with E-state index < -0.39 is 5.41 Å². The molecule has 1 saturated carbocycles. The van der Waals surface area contributed by atoms with Crippen LogP contribution in [0, 0.1) is 5.82 Å². The van der Waals surface area contributed by atoms with Crippen molar-refractivity contribution in [2.24, 2.45) is 0 Å². The number of anilines is 1. The van der Waals surface area contributed by atoms with Crippen LogP contribution >= 0.6 is 0 Å². The second-order valence-corrected chi connectivity index (χ2v) is 8.05. The maximum Gasteiger partial charge on any atom is 0.235 e. The molecule has 0 aromatic heterocycles. The molecule has 2 aromatic carbocycles. The Morgan fingerprint density at radius 3 is 2.47 bits per heavy atom. The minimum atomic E-state index is -0.793. The molecule has 2 aliphatic rings. The van der Waals surface area contributed by atoms with Crippen molar-refractivity contribution in [1.82, 2.24) is 4.90 Å². The Hall–Kier alpha value is -2.44. The van der Waals surface area contributed by atoms with Crippen molar-refractivity contribution >= 4 is 11.6 Å². The first-order valence-electron chi connectivity index (χ1n) is 10.8. The lowest BCUT2D eigenvalue weighted by molar-refractivity contribution is -0.121. The number of morpholine rings is 1. The zero-order valence-corrected chi connectivity index (χ0v) is 17.2. The number of hydrogen-bond donors (Lipinski definition) is 1. The Kier molecular flexibility index (Phi) is 6.65. The van der Waals surface area contributed by atoms with Gasteiger partial charge in [0, 0.05) is 30.9 Å². The summed E-state index contributed by atoms with van der Waals surface area (Å²) < 4.78 is 25.7. The molecular weight excluding hydrogens is 383 g/mol. The van der Waals surface area contributed by atoms with Crippen LogP contribution in [0.1, 0.15) is 31.2 Å². The highest BCUT2D eigenvalue weighted by Gasteiger charge is 2.44. The van der Waals surface area contributed by atoms with E-state index in [1.165, 1.54) is 6.07 Å². The largest absolute Gasteiger partial charge is 0.492 e. The summed E-state index contributed by atoms with van der Waals surface area (Å²) in [6.45, 7) is 4.93. The van der Waals surface area contributed by atoms with Gasteiger partial charge in [-0.15, -0.1) is 0 Å². The van der Waals surface area contributed by atoms with E-state index in [-0.39, 0.29) is 11.7 Å². The molecule has 0 radical (unpaired) electrons. The lowest BCUT2D eigenvalue weighted by Gasteiger charge is -2.28. The molecule has 1 aliphatic carbocycles. The van der Waals surface area contributed by atoms with E-state index in [0.717, 1.165) is 51.4 Å². The van der Waals surface area contributed by atoms with Crippen LogP contribution in [-0.2, 0) is 14.9 Å². The van der Waals surface area contributed by atoms with Crippen molar-refractivity contribution in [3.63, 3.8) is 0 Å². The van der Waals surface area contributed by atoms with Gasteiger partial charge in [-0.3, -0.25) is 9.69 Å². The van der Waals surface area contributed by atoms with Crippen molar-refractivity contribution in [3.05, 3.63) is 59.9 Å². The highest BCUT2D eigenvalue weighted by atomic mass is 19.1. The van der Waals surface area contributed by atoms with E-state index in [4.69, 9.17) is 9.47 Å². The number of amides is 1. The SMILES string of the molecule is O=C(Nc1ccc(OCCN2CCOCC2)cc1)C1(c2ccccc2F)CCCC1. The van der Waals surface area contributed by atoms with Gasteiger partial charge in [0.2, 0.25) is 5.91 Å². The molecule has 1 aliphatic heterocycles. The second kappa shape index (κ2) is 9.58. The van der Waals surface area contributed by atoms with Crippen molar-refractivity contribution in [2.45, 2.75) is 31.1 Å². The van der Waals surface area contributed by atoms with Crippen LogP contribution in [0.2, 0.25) is 0 Å². The van der Waals surface area contributed by atoms with Crippen LogP contribution in [0.25, 0.3) is 0 Å². The van der Waals surface area contributed by atoms with E-state index in [9.17, 15) is 9.18 Å². The quantitative estimate of drug-likeness (QED) is 0.747. The molecule has 0 unspecified atom stereocenters. The number of benzene rings is 2. The fourth-order valence-corrected chi connectivity index (χ4v) is 4.45. The monoisotopic (exact) mass is 412 g/mol. The first kappa shape index (κ1) is 20.8. The number of nitrogens with one attached hydrogen (secondary N) is 1. The molecule has 4 rings (SSSR count). The third kappa shape index (κ3) is 4.65. The van der Waals surface area contributed by atoms with Gasteiger partial charge in [-0.05, 0) is 43.2 Å². The Bertz CT molecular complexity index is 844. The summed E-state index contributed by atoms with van der Waals surface area (Å²) in [5.41, 5.74) is 0.407. The molecule has 6 heteroatoms. The normalized spacial score (nSPS) is 18.8. The predicted octanol–water partition coefficient (Wildman–Crippen LogP) is 3.99. The standard InChI is InChI=1S/C24H29FN2O3/c25-22-6-2-1-5-21(22)24(11-3-4-12-24)23(28)26-19-7-9-20(10-8-19)30-18-15-27-13-16-29-17-14-27/h1-2,5-10H,3-4,11-18H2,(H,26,28). The van der Waals surface area contributed by atoms with Gasteiger partial charge in [-0.25, -0.2) is 4.39 Å². The van der Waals surface area contributed by atoms with Gasteiger partial charge in [-0.2, -0.15) is 0 Å². The average Bonchev–Trinajstić information content (AvgIpc) is 3.27. The fourth-order valence-electron chi connectivity index (χ4n) is 4.45. The smallest absolute Gasteiger partial charge is 0.235 e. The van der Waals surface area contributed by atoms with Gasteiger partial charge >= 0.3 is 0 Å². The topological polar surface area (TPSA) is 50.8 Å². The molecular formula is C24H29FN2O3. The average molecular weight is 413 g/mol. The zero-order chi connectivity index (χ0) is 20.8. The molecule has 1 amide bonds. The zero-order valence-electron chi connectivity index (χ0n) is 17.2. The third-order valence-electron chi connectivity index (χ3n) is 6.17. The van der Waals surface area contributed by atoms with Gasteiger partial charge in [0.05, 0.1) is 18.6 Å². The minimum absolute atomic E-state index is 0.133. The number of nitrogens with zero attached hydrogens (tertiary/aromatic N) is 1. The van der Waals surface area contributed by atoms with Gasteiger partial charge in [0.25, 0.3) is 0 Å². The van der Waals surface area contributed by atoms with Crippen molar-refractivity contribution in [2.75, 3.05) is 44.8 Å². The van der Waals surface area contributed by atoms with E-state index in [1.54, 1.807) is 18.2 Å². The Morgan fingerprint density at radius 2 is 1.77 bits per heavy atom. The van der Waals surface area contributed by atoms with Crippen LogP contribution in [0.5, 0.6) is 5.75 Å². The third-order valence-corrected chi connectivity index (χ3v) is 6.17. The highest BCUT2D eigenvalue weighted by Crippen LogP contribution is 2.43. The molecule has 2 fully saturated rings. The molecule has 2 aromatic rings. The number of rotatable bonds is 7. The maximum absolute atomic E-state index is 14.5. The summed E-state index contributed by atoms with van der Waals surface area (Å²) in [6, 6.07) is 14.0. The Balaban J connectivity index is 1.36. The second-order valence-electron chi connectivity index (χ2n) is 8.05. The number of hydrogen-bond acceptors (Lipinski definition) is 4. The van der Waals surface area contributed by atoms with E-state index in [2.05, 4.69) is 10.2 Å². The van der Waals surface area contributed by atoms with Crippen molar-refractivity contribution in [1.29, 1.82) is 0 Å². The number of carbonyl (C=O) groups excluding carboxylic acids is 1. The molecule has 0 atom stereocenters. The maximum atomic E-state index is 14.5.